The lowest BCUT2D eigenvalue weighted by Gasteiger charge is -2.05. The summed E-state index contributed by atoms with van der Waals surface area (Å²) in [4.78, 5) is 4.10. The number of nitrogens with zero attached hydrogens (tertiary/aromatic N) is 2. The van der Waals surface area contributed by atoms with Crippen LogP contribution in [0.3, 0.4) is 0 Å². The van der Waals surface area contributed by atoms with Gasteiger partial charge in [0.2, 0.25) is 0 Å². The molecule has 0 saturated heterocycles. The number of halogens is 1. The van der Waals surface area contributed by atoms with Gasteiger partial charge in [-0.05, 0) is 36.4 Å². The molecule has 2 rings (SSSR count). The molecular weight excluding hydrogens is 222 g/mol. The molecule has 1 aromatic carbocycles. The first kappa shape index (κ1) is 10.5. The summed E-state index contributed by atoms with van der Waals surface area (Å²) in [7, 11) is 0. The van der Waals surface area contributed by atoms with Gasteiger partial charge in [-0.3, -0.25) is 0 Å². The molecule has 0 unspecified atom stereocenters. The molecule has 0 aliphatic carbocycles. The summed E-state index contributed by atoms with van der Waals surface area (Å²) in [6.45, 7) is 0. The Kier molecular flexibility index (Phi) is 3.04. The standard InChI is InChI=1S/C12H8ClN3/c13-9-4-6-10(7-5-9)15-12-3-1-2-11(8-14)16-12/h1-7H,(H,15,16). The summed E-state index contributed by atoms with van der Waals surface area (Å²) in [5.74, 6) is 0.640. The fourth-order valence-electron chi connectivity index (χ4n) is 1.25. The van der Waals surface area contributed by atoms with Crippen LogP contribution in [0.5, 0.6) is 0 Å². The Balaban J connectivity index is 2.21. The third-order valence-corrected chi connectivity index (χ3v) is 2.23. The molecule has 0 saturated carbocycles. The minimum Gasteiger partial charge on any atom is -0.340 e. The maximum atomic E-state index is 8.71. The fourth-order valence-corrected chi connectivity index (χ4v) is 1.37. The van der Waals surface area contributed by atoms with E-state index in [1.165, 1.54) is 0 Å². The quantitative estimate of drug-likeness (QED) is 0.859. The van der Waals surface area contributed by atoms with Gasteiger partial charge < -0.3 is 5.32 Å². The maximum absolute atomic E-state index is 8.71. The number of nitrogens with one attached hydrogen (secondary N) is 1. The van der Waals surface area contributed by atoms with Gasteiger partial charge in [0.25, 0.3) is 0 Å². The van der Waals surface area contributed by atoms with E-state index in [0.29, 0.717) is 16.5 Å². The minimum atomic E-state index is 0.388. The van der Waals surface area contributed by atoms with Crippen LogP contribution >= 0.6 is 11.6 Å². The summed E-state index contributed by atoms with van der Waals surface area (Å²) in [6, 6.07) is 14.5. The number of pyridine rings is 1. The van der Waals surface area contributed by atoms with Gasteiger partial charge in [-0.1, -0.05) is 17.7 Å². The predicted octanol–water partition coefficient (Wildman–Crippen LogP) is 3.35. The molecule has 4 heteroatoms. The smallest absolute Gasteiger partial charge is 0.142 e. The van der Waals surface area contributed by atoms with Gasteiger partial charge >= 0.3 is 0 Å². The molecule has 1 N–H and O–H groups in total. The molecule has 0 radical (unpaired) electrons. The van der Waals surface area contributed by atoms with E-state index in [0.717, 1.165) is 5.69 Å². The highest BCUT2D eigenvalue weighted by Gasteiger charge is 1.97. The van der Waals surface area contributed by atoms with Crippen LogP contribution in [0.4, 0.5) is 11.5 Å². The molecule has 16 heavy (non-hydrogen) atoms. The lowest BCUT2D eigenvalue weighted by molar-refractivity contribution is 1.25. The average molecular weight is 230 g/mol. The number of rotatable bonds is 2. The average Bonchev–Trinajstić information content (AvgIpc) is 2.32. The van der Waals surface area contributed by atoms with Crippen molar-refractivity contribution >= 4 is 23.1 Å². The Bertz CT molecular complexity index is 529. The Morgan fingerprint density at radius 3 is 2.56 bits per heavy atom. The van der Waals surface area contributed by atoms with Crippen molar-refractivity contribution in [1.82, 2.24) is 4.98 Å². The molecule has 2 aromatic rings. The van der Waals surface area contributed by atoms with Gasteiger partial charge in [-0.25, -0.2) is 4.98 Å². The van der Waals surface area contributed by atoms with Crippen LogP contribution in [0.2, 0.25) is 5.02 Å². The SMILES string of the molecule is N#Cc1cccc(Nc2ccc(Cl)cc2)n1. The second-order valence-corrected chi connectivity index (χ2v) is 3.59. The molecule has 1 heterocycles. The molecule has 0 spiro atoms. The highest BCUT2D eigenvalue weighted by molar-refractivity contribution is 6.30. The number of anilines is 2. The number of hydrogen-bond donors (Lipinski definition) is 1. The molecule has 3 nitrogen and oxygen atoms in total. The van der Waals surface area contributed by atoms with Crippen LogP contribution in [0.15, 0.2) is 42.5 Å². The van der Waals surface area contributed by atoms with E-state index in [1.54, 1.807) is 30.3 Å². The summed E-state index contributed by atoms with van der Waals surface area (Å²) in [5, 5.41) is 12.5. The highest BCUT2D eigenvalue weighted by Crippen LogP contribution is 2.17. The van der Waals surface area contributed by atoms with Crippen molar-refractivity contribution in [2.45, 2.75) is 0 Å². The molecule has 1 aromatic heterocycles. The van der Waals surface area contributed by atoms with E-state index in [4.69, 9.17) is 16.9 Å². The number of aromatic nitrogens is 1. The number of hydrogen-bond acceptors (Lipinski definition) is 3. The molecule has 78 valence electrons. The van der Waals surface area contributed by atoms with Gasteiger partial charge in [0.1, 0.15) is 17.6 Å². The first-order chi connectivity index (χ1) is 7.78. The summed E-state index contributed by atoms with van der Waals surface area (Å²) in [6.07, 6.45) is 0. The zero-order valence-electron chi connectivity index (χ0n) is 8.31. The van der Waals surface area contributed by atoms with E-state index in [2.05, 4.69) is 10.3 Å². The van der Waals surface area contributed by atoms with Crippen molar-refractivity contribution in [3.63, 3.8) is 0 Å². The van der Waals surface area contributed by atoms with Crippen molar-refractivity contribution in [2.75, 3.05) is 5.32 Å². The third-order valence-electron chi connectivity index (χ3n) is 1.98. The van der Waals surface area contributed by atoms with E-state index >= 15 is 0 Å². The summed E-state index contributed by atoms with van der Waals surface area (Å²) >= 11 is 5.78. The van der Waals surface area contributed by atoms with Crippen LogP contribution in [0.25, 0.3) is 0 Å². The van der Waals surface area contributed by atoms with Crippen molar-refractivity contribution in [2.24, 2.45) is 0 Å². The second-order valence-electron chi connectivity index (χ2n) is 3.15. The first-order valence-electron chi connectivity index (χ1n) is 4.68. The van der Waals surface area contributed by atoms with Crippen LogP contribution in [-0.4, -0.2) is 4.98 Å². The Hall–Kier alpha value is -2.05. The lowest BCUT2D eigenvalue weighted by atomic mass is 10.3. The topological polar surface area (TPSA) is 48.7 Å². The van der Waals surface area contributed by atoms with Crippen molar-refractivity contribution < 1.29 is 0 Å². The zero-order valence-corrected chi connectivity index (χ0v) is 9.07. The Labute approximate surface area is 98.3 Å². The fraction of sp³-hybridized carbons (Fsp3) is 0. The first-order valence-corrected chi connectivity index (χ1v) is 5.05. The van der Waals surface area contributed by atoms with Gasteiger partial charge in [0, 0.05) is 10.7 Å². The summed E-state index contributed by atoms with van der Waals surface area (Å²) in [5.41, 5.74) is 1.27. The van der Waals surface area contributed by atoms with Gasteiger partial charge in [-0.2, -0.15) is 5.26 Å². The van der Waals surface area contributed by atoms with Crippen molar-refractivity contribution in [3.8, 4) is 6.07 Å². The molecule has 0 bridgehead atoms. The van der Waals surface area contributed by atoms with Crippen molar-refractivity contribution in [1.29, 1.82) is 5.26 Å². The Morgan fingerprint density at radius 2 is 1.88 bits per heavy atom. The van der Waals surface area contributed by atoms with E-state index in [-0.39, 0.29) is 0 Å². The third kappa shape index (κ3) is 2.50. The van der Waals surface area contributed by atoms with Crippen LogP contribution in [-0.2, 0) is 0 Å². The van der Waals surface area contributed by atoms with Crippen molar-refractivity contribution in [3.05, 3.63) is 53.2 Å². The van der Waals surface area contributed by atoms with E-state index < -0.39 is 0 Å². The maximum Gasteiger partial charge on any atom is 0.142 e. The summed E-state index contributed by atoms with van der Waals surface area (Å²) < 4.78 is 0. The largest absolute Gasteiger partial charge is 0.340 e. The van der Waals surface area contributed by atoms with E-state index in [9.17, 15) is 0 Å². The molecular formula is C12H8ClN3. The zero-order chi connectivity index (χ0) is 11.4. The molecule has 0 aliphatic rings. The normalized spacial score (nSPS) is 9.50. The Morgan fingerprint density at radius 1 is 1.12 bits per heavy atom. The predicted molar refractivity (Wildman–Crippen MR) is 63.7 cm³/mol. The molecule has 0 atom stereocenters. The number of nitriles is 1. The molecule has 0 aliphatic heterocycles. The molecule has 0 fully saturated rings. The van der Waals surface area contributed by atoms with Crippen LogP contribution < -0.4 is 5.32 Å². The lowest BCUT2D eigenvalue weighted by Crippen LogP contribution is -1.94. The van der Waals surface area contributed by atoms with Gasteiger partial charge in [-0.15, -0.1) is 0 Å². The molecule has 0 amide bonds. The minimum absolute atomic E-state index is 0.388. The van der Waals surface area contributed by atoms with Crippen LogP contribution in [0, 0.1) is 11.3 Å². The van der Waals surface area contributed by atoms with E-state index in [1.807, 2.05) is 18.2 Å². The van der Waals surface area contributed by atoms with Gasteiger partial charge in [0.05, 0.1) is 0 Å². The highest BCUT2D eigenvalue weighted by atomic mass is 35.5. The number of benzene rings is 1. The second kappa shape index (κ2) is 4.65. The monoisotopic (exact) mass is 229 g/mol. The van der Waals surface area contributed by atoms with Crippen LogP contribution in [0.1, 0.15) is 5.69 Å². The van der Waals surface area contributed by atoms with Gasteiger partial charge in [0.15, 0.2) is 0 Å².